The van der Waals surface area contributed by atoms with Gasteiger partial charge in [-0.15, -0.1) is 0 Å². The smallest absolute Gasteiger partial charge is 0.241 e. The van der Waals surface area contributed by atoms with Crippen molar-refractivity contribution in [2.75, 3.05) is 13.1 Å². The number of carbonyl (C=O) groups excluding carboxylic acids is 2. The van der Waals surface area contributed by atoms with Crippen LogP contribution in [0.4, 0.5) is 0 Å². The van der Waals surface area contributed by atoms with Crippen LogP contribution in [0.15, 0.2) is 29.2 Å². The molecule has 1 heterocycles. The van der Waals surface area contributed by atoms with Gasteiger partial charge in [0, 0.05) is 25.6 Å². The molecule has 8 heteroatoms. The summed E-state index contributed by atoms with van der Waals surface area (Å²) in [6, 6.07) is 5.91. The van der Waals surface area contributed by atoms with Crippen LogP contribution in [0.1, 0.15) is 64.9 Å². The number of piperidine rings is 1. The molecule has 0 unspecified atom stereocenters. The molecule has 2 amide bonds. The lowest BCUT2D eigenvalue weighted by atomic mass is 9.99. The summed E-state index contributed by atoms with van der Waals surface area (Å²) < 4.78 is 28.0. The molecule has 174 valence electrons. The molecule has 1 aromatic rings. The Kier molecular flexibility index (Phi) is 9.50. The maximum Gasteiger partial charge on any atom is 0.241 e. The molecule has 1 saturated heterocycles. The first kappa shape index (κ1) is 25.3. The SMILES string of the molecule is CC[C@H]1CCCCN1C(=O)CCNC(=O)[C@@H](CC(C)C)NS(=O)(=O)c1ccc(C)cc1. The van der Waals surface area contributed by atoms with Crippen molar-refractivity contribution in [3.63, 3.8) is 0 Å². The molecule has 0 radical (unpaired) electrons. The predicted molar refractivity (Wildman–Crippen MR) is 122 cm³/mol. The van der Waals surface area contributed by atoms with Crippen molar-refractivity contribution in [3.05, 3.63) is 29.8 Å². The van der Waals surface area contributed by atoms with Gasteiger partial charge in [0.1, 0.15) is 6.04 Å². The van der Waals surface area contributed by atoms with Crippen molar-refractivity contribution in [1.82, 2.24) is 14.9 Å². The fraction of sp³-hybridized carbons (Fsp3) is 0.652. The number of likely N-dealkylation sites (tertiary alicyclic amines) is 1. The summed E-state index contributed by atoms with van der Waals surface area (Å²) in [5.74, 6) is -0.230. The van der Waals surface area contributed by atoms with Crippen molar-refractivity contribution in [3.8, 4) is 0 Å². The van der Waals surface area contributed by atoms with E-state index in [0.29, 0.717) is 6.42 Å². The van der Waals surface area contributed by atoms with Crippen LogP contribution in [-0.4, -0.2) is 50.3 Å². The Morgan fingerprint density at radius 3 is 2.45 bits per heavy atom. The highest BCUT2D eigenvalue weighted by Crippen LogP contribution is 2.20. The third-order valence-electron chi connectivity index (χ3n) is 5.71. The van der Waals surface area contributed by atoms with E-state index in [1.807, 2.05) is 25.7 Å². The monoisotopic (exact) mass is 451 g/mol. The molecule has 0 spiro atoms. The summed E-state index contributed by atoms with van der Waals surface area (Å²) in [6.45, 7) is 8.82. The number of benzene rings is 1. The van der Waals surface area contributed by atoms with Gasteiger partial charge in [-0.2, -0.15) is 4.72 Å². The van der Waals surface area contributed by atoms with E-state index in [9.17, 15) is 18.0 Å². The molecule has 2 rings (SSSR count). The second-order valence-electron chi connectivity index (χ2n) is 8.80. The van der Waals surface area contributed by atoms with Gasteiger partial charge in [-0.05, 0) is 57.1 Å². The van der Waals surface area contributed by atoms with Crippen LogP contribution in [0.2, 0.25) is 0 Å². The van der Waals surface area contributed by atoms with Gasteiger partial charge in [0.05, 0.1) is 4.90 Å². The number of amides is 2. The number of nitrogens with one attached hydrogen (secondary N) is 2. The highest BCUT2D eigenvalue weighted by atomic mass is 32.2. The van der Waals surface area contributed by atoms with Crippen molar-refractivity contribution in [1.29, 1.82) is 0 Å². The fourth-order valence-corrected chi connectivity index (χ4v) is 5.17. The van der Waals surface area contributed by atoms with E-state index in [4.69, 9.17) is 0 Å². The van der Waals surface area contributed by atoms with Gasteiger partial charge in [0.25, 0.3) is 0 Å². The lowest BCUT2D eigenvalue weighted by molar-refractivity contribution is -0.135. The zero-order valence-electron chi connectivity index (χ0n) is 19.2. The minimum Gasteiger partial charge on any atom is -0.354 e. The van der Waals surface area contributed by atoms with Crippen molar-refractivity contribution < 1.29 is 18.0 Å². The lowest BCUT2D eigenvalue weighted by Crippen LogP contribution is -2.48. The molecule has 2 N–H and O–H groups in total. The zero-order chi connectivity index (χ0) is 23.0. The predicted octanol–water partition coefficient (Wildman–Crippen LogP) is 2.99. The minimum absolute atomic E-state index is 0.0486. The third-order valence-corrected chi connectivity index (χ3v) is 7.20. The lowest BCUT2D eigenvalue weighted by Gasteiger charge is -2.35. The Morgan fingerprint density at radius 2 is 1.84 bits per heavy atom. The van der Waals surface area contributed by atoms with E-state index in [1.165, 1.54) is 12.1 Å². The summed E-state index contributed by atoms with van der Waals surface area (Å²) >= 11 is 0. The first-order chi connectivity index (χ1) is 14.6. The molecule has 7 nitrogen and oxygen atoms in total. The van der Waals surface area contributed by atoms with Crippen molar-refractivity contribution >= 4 is 21.8 Å². The van der Waals surface area contributed by atoms with Crippen LogP contribution in [-0.2, 0) is 19.6 Å². The van der Waals surface area contributed by atoms with Crippen LogP contribution < -0.4 is 10.0 Å². The summed E-state index contributed by atoms with van der Waals surface area (Å²) in [4.78, 5) is 27.4. The number of sulfonamides is 1. The summed E-state index contributed by atoms with van der Waals surface area (Å²) in [7, 11) is -3.82. The summed E-state index contributed by atoms with van der Waals surface area (Å²) in [6.07, 6.45) is 4.74. The van der Waals surface area contributed by atoms with Gasteiger partial charge in [0.15, 0.2) is 0 Å². The molecule has 1 aliphatic heterocycles. The second-order valence-corrected chi connectivity index (χ2v) is 10.5. The molecule has 0 aromatic heterocycles. The number of carbonyl (C=O) groups is 2. The molecular formula is C23H37N3O4S. The van der Waals surface area contributed by atoms with Crippen molar-refractivity contribution in [2.24, 2.45) is 5.92 Å². The Bertz CT molecular complexity index is 837. The summed E-state index contributed by atoms with van der Waals surface area (Å²) in [5, 5.41) is 2.76. The minimum atomic E-state index is -3.82. The topological polar surface area (TPSA) is 95.6 Å². The third kappa shape index (κ3) is 7.61. The Hall–Kier alpha value is -1.93. The molecule has 1 fully saturated rings. The standard InChI is InChI=1S/C23H37N3O4S/c1-5-19-8-6-7-15-26(19)22(27)13-14-24-23(28)21(16-17(2)3)25-31(29,30)20-11-9-18(4)10-12-20/h9-12,17,19,21,25H,5-8,13-16H2,1-4H3,(H,24,28)/t19-,21+/m0/s1. The van der Waals surface area contributed by atoms with Crippen LogP contribution in [0.25, 0.3) is 0 Å². The molecule has 0 saturated carbocycles. The molecule has 0 aliphatic carbocycles. The largest absolute Gasteiger partial charge is 0.354 e. The summed E-state index contributed by atoms with van der Waals surface area (Å²) in [5.41, 5.74) is 0.958. The zero-order valence-corrected chi connectivity index (χ0v) is 20.0. The average molecular weight is 452 g/mol. The van der Waals surface area contributed by atoms with Gasteiger partial charge in [-0.1, -0.05) is 38.5 Å². The van der Waals surface area contributed by atoms with Crippen molar-refractivity contribution in [2.45, 2.75) is 83.2 Å². The first-order valence-corrected chi connectivity index (χ1v) is 12.8. The van der Waals surface area contributed by atoms with E-state index >= 15 is 0 Å². The highest BCUT2D eigenvalue weighted by Gasteiger charge is 2.28. The average Bonchev–Trinajstić information content (AvgIpc) is 2.72. The van der Waals surface area contributed by atoms with Gasteiger partial charge in [0.2, 0.25) is 21.8 Å². The fourth-order valence-electron chi connectivity index (χ4n) is 3.97. The first-order valence-electron chi connectivity index (χ1n) is 11.3. The quantitative estimate of drug-likeness (QED) is 0.572. The Balaban J connectivity index is 1.96. The number of hydrogen-bond donors (Lipinski definition) is 2. The highest BCUT2D eigenvalue weighted by molar-refractivity contribution is 7.89. The number of nitrogens with zero attached hydrogens (tertiary/aromatic N) is 1. The maximum atomic E-state index is 12.8. The van der Waals surface area contributed by atoms with E-state index < -0.39 is 22.0 Å². The van der Waals surface area contributed by atoms with Gasteiger partial charge >= 0.3 is 0 Å². The number of rotatable bonds is 10. The van der Waals surface area contributed by atoms with Crippen LogP contribution in [0.5, 0.6) is 0 Å². The van der Waals surface area contributed by atoms with Crippen LogP contribution in [0.3, 0.4) is 0 Å². The Morgan fingerprint density at radius 1 is 1.16 bits per heavy atom. The maximum absolute atomic E-state index is 12.8. The molecule has 2 atom stereocenters. The van der Waals surface area contributed by atoms with E-state index in [-0.39, 0.29) is 35.7 Å². The second kappa shape index (κ2) is 11.6. The molecule has 31 heavy (non-hydrogen) atoms. The Labute approximate surface area is 187 Å². The molecule has 1 aliphatic rings. The van der Waals surface area contributed by atoms with E-state index in [2.05, 4.69) is 17.0 Å². The van der Waals surface area contributed by atoms with Gasteiger partial charge in [-0.25, -0.2) is 8.42 Å². The molecule has 1 aromatic carbocycles. The molecule has 0 bridgehead atoms. The van der Waals surface area contributed by atoms with Gasteiger partial charge in [-0.3, -0.25) is 9.59 Å². The van der Waals surface area contributed by atoms with E-state index in [0.717, 1.165) is 37.8 Å². The van der Waals surface area contributed by atoms with E-state index in [1.54, 1.807) is 12.1 Å². The number of aryl methyl sites for hydroxylation is 1. The normalized spacial score (nSPS) is 18.1. The molecular weight excluding hydrogens is 414 g/mol. The van der Waals surface area contributed by atoms with Crippen LogP contribution in [0, 0.1) is 12.8 Å². The van der Waals surface area contributed by atoms with Crippen LogP contribution >= 0.6 is 0 Å². The number of hydrogen-bond acceptors (Lipinski definition) is 4. The van der Waals surface area contributed by atoms with Gasteiger partial charge < -0.3 is 10.2 Å².